The Morgan fingerprint density at radius 2 is 1.97 bits per heavy atom. The standard InChI is InChI=1S/C24H29FN4O2/c1-17(13-24(27)30)28-11-9-21(10-12-28)29(20-4-6-22(31-2)7-5-20)16-19-14-18(15-26)3-8-23(19)25/h3-8,14,17,21H,9-13,16H2,1-2H3,(H2,27,30). The first-order valence-electron chi connectivity index (χ1n) is 10.5. The van der Waals surface area contributed by atoms with E-state index in [1.807, 2.05) is 31.2 Å². The molecule has 1 amide bonds. The van der Waals surface area contributed by atoms with Gasteiger partial charge in [0.1, 0.15) is 11.6 Å². The van der Waals surface area contributed by atoms with Gasteiger partial charge in [-0.05, 0) is 62.2 Å². The average molecular weight is 425 g/mol. The van der Waals surface area contributed by atoms with Crippen LogP contribution in [0.2, 0.25) is 0 Å². The van der Waals surface area contributed by atoms with Gasteiger partial charge >= 0.3 is 0 Å². The highest BCUT2D eigenvalue weighted by Gasteiger charge is 2.28. The monoisotopic (exact) mass is 424 g/mol. The quantitative estimate of drug-likeness (QED) is 0.702. The lowest BCUT2D eigenvalue weighted by atomic mass is 9.99. The third kappa shape index (κ3) is 5.74. The summed E-state index contributed by atoms with van der Waals surface area (Å²) in [6, 6.07) is 14.6. The number of methoxy groups -OCH3 is 1. The van der Waals surface area contributed by atoms with Crippen molar-refractivity contribution in [2.75, 3.05) is 25.1 Å². The minimum absolute atomic E-state index is 0.109. The summed E-state index contributed by atoms with van der Waals surface area (Å²) in [5.41, 5.74) is 7.28. The Balaban J connectivity index is 1.81. The minimum Gasteiger partial charge on any atom is -0.497 e. The van der Waals surface area contributed by atoms with Crippen molar-refractivity contribution in [3.8, 4) is 11.8 Å². The topological polar surface area (TPSA) is 82.6 Å². The highest BCUT2D eigenvalue weighted by Crippen LogP contribution is 2.29. The van der Waals surface area contributed by atoms with Crippen LogP contribution < -0.4 is 15.4 Å². The molecule has 0 spiro atoms. The molecule has 1 fully saturated rings. The number of rotatable bonds is 8. The van der Waals surface area contributed by atoms with Crippen LogP contribution in [-0.4, -0.2) is 43.1 Å². The Kier molecular flexibility index (Phi) is 7.48. The number of piperidine rings is 1. The number of anilines is 1. The fourth-order valence-electron chi connectivity index (χ4n) is 4.21. The van der Waals surface area contributed by atoms with Gasteiger partial charge in [-0.2, -0.15) is 5.26 Å². The zero-order valence-electron chi connectivity index (χ0n) is 18.1. The molecule has 2 N–H and O–H groups in total. The molecule has 0 saturated carbocycles. The maximum absolute atomic E-state index is 14.5. The van der Waals surface area contributed by atoms with Crippen LogP contribution in [-0.2, 0) is 11.3 Å². The number of nitrogens with two attached hydrogens (primary N) is 1. The number of carbonyl (C=O) groups excluding carboxylic acids is 1. The molecule has 0 radical (unpaired) electrons. The summed E-state index contributed by atoms with van der Waals surface area (Å²) in [5, 5.41) is 9.22. The number of carbonyl (C=O) groups is 1. The van der Waals surface area contributed by atoms with Crippen molar-refractivity contribution in [3.05, 3.63) is 59.4 Å². The summed E-state index contributed by atoms with van der Waals surface area (Å²) >= 11 is 0. The van der Waals surface area contributed by atoms with Gasteiger partial charge in [-0.1, -0.05) is 0 Å². The Labute approximate surface area is 183 Å². The summed E-state index contributed by atoms with van der Waals surface area (Å²) in [7, 11) is 1.62. The van der Waals surface area contributed by atoms with E-state index in [2.05, 4.69) is 15.9 Å². The molecule has 0 aromatic heterocycles. The Morgan fingerprint density at radius 3 is 2.55 bits per heavy atom. The number of benzene rings is 2. The van der Waals surface area contributed by atoms with Crippen LogP contribution in [0.15, 0.2) is 42.5 Å². The lowest BCUT2D eigenvalue weighted by molar-refractivity contribution is -0.119. The minimum atomic E-state index is -0.315. The van der Waals surface area contributed by atoms with Gasteiger partial charge in [0, 0.05) is 49.4 Å². The number of nitriles is 1. The van der Waals surface area contributed by atoms with E-state index in [1.165, 1.54) is 12.1 Å². The van der Waals surface area contributed by atoms with Gasteiger partial charge in [-0.15, -0.1) is 0 Å². The molecule has 1 aliphatic heterocycles. The van der Waals surface area contributed by atoms with Crippen LogP contribution in [0.5, 0.6) is 5.75 Å². The van der Waals surface area contributed by atoms with E-state index in [9.17, 15) is 14.4 Å². The summed E-state index contributed by atoms with van der Waals surface area (Å²) in [6.45, 7) is 4.07. The molecule has 1 saturated heterocycles. The third-order valence-corrected chi connectivity index (χ3v) is 5.98. The molecule has 164 valence electrons. The maximum Gasteiger partial charge on any atom is 0.218 e. The van der Waals surface area contributed by atoms with Crippen LogP contribution in [0.1, 0.15) is 37.3 Å². The third-order valence-electron chi connectivity index (χ3n) is 5.98. The Bertz CT molecular complexity index is 934. The van der Waals surface area contributed by atoms with Crippen LogP contribution in [0, 0.1) is 17.1 Å². The normalized spacial score (nSPS) is 15.8. The smallest absolute Gasteiger partial charge is 0.218 e. The maximum atomic E-state index is 14.5. The van der Waals surface area contributed by atoms with Crippen LogP contribution in [0.3, 0.4) is 0 Å². The molecule has 2 aromatic carbocycles. The second-order valence-corrected chi connectivity index (χ2v) is 8.03. The number of hydrogen-bond donors (Lipinski definition) is 1. The van der Waals surface area contributed by atoms with Crippen molar-refractivity contribution >= 4 is 11.6 Å². The molecule has 1 unspecified atom stereocenters. The molecule has 1 atom stereocenters. The summed E-state index contributed by atoms with van der Waals surface area (Å²) in [4.78, 5) is 15.8. The molecule has 2 aromatic rings. The number of hydrogen-bond acceptors (Lipinski definition) is 5. The first-order chi connectivity index (χ1) is 14.9. The molecule has 6 nitrogen and oxygen atoms in total. The molecule has 0 aliphatic carbocycles. The molecule has 1 aliphatic rings. The number of likely N-dealkylation sites (tertiary alicyclic amines) is 1. The molecular formula is C24H29FN4O2. The van der Waals surface area contributed by atoms with Crippen molar-refractivity contribution in [2.24, 2.45) is 5.73 Å². The van der Waals surface area contributed by atoms with Crippen molar-refractivity contribution in [2.45, 2.75) is 44.8 Å². The predicted octanol–water partition coefficient (Wildman–Crippen LogP) is 3.44. The van der Waals surface area contributed by atoms with Gasteiger partial charge in [0.2, 0.25) is 5.91 Å². The SMILES string of the molecule is COc1ccc(N(Cc2cc(C#N)ccc2F)C2CCN(C(C)CC(N)=O)CC2)cc1. The molecule has 31 heavy (non-hydrogen) atoms. The summed E-state index contributed by atoms with van der Waals surface area (Å²) in [5.74, 6) is 0.156. The van der Waals surface area contributed by atoms with Crippen molar-refractivity contribution in [3.63, 3.8) is 0 Å². The first-order valence-corrected chi connectivity index (χ1v) is 10.5. The molecule has 0 bridgehead atoms. The Hall–Kier alpha value is -3.11. The van der Waals surface area contributed by atoms with Crippen molar-refractivity contribution in [1.29, 1.82) is 5.26 Å². The number of amides is 1. The van der Waals surface area contributed by atoms with Gasteiger partial charge in [0.25, 0.3) is 0 Å². The number of primary amides is 1. The van der Waals surface area contributed by atoms with Gasteiger partial charge in [-0.25, -0.2) is 4.39 Å². The van der Waals surface area contributed by atoms with Crippen LogP contribution in [0.4, 0.5) is 10.1 Å². The van der Waals surface area contributed by atoms with E-state index in [0.29, 0.717) is 24.1 Å². The highest BCUT2D eigenvalue weighted by molar-refractivity contribution is 5.74. The number of halogens is 1. The van der Waals surface area contributed by atoms with E-state index in [0.717, 1.165) is 37.4 Å². The molecule has 7 heteroatoms. The number of ether oxygens (including phenoxy) is 1. The lowest BCUT2D eigenvalue weighted by Crippen LogP contribution is -2.48. The zero-order valence-corrected chi connectivity index (χ0v) is 18.1. The van der Waals surface area contributed by atoms with E-state index in [4.69, 9.17) is 10.5 Å². The van der Waals surface area contributed by atoms with E-state index < -0.39 is 0 Å². The predicted molar refractivity (Wildman–Crippen MR) is 118 cm³/mol. The largest absolute Gasteiger partial charge is 0.497 e. The molecular weight excluding hydrogens is 395 g/mol. The van der Waals surface area contributed by atoms with Gasteiger partial charge in [0.15, 0.2) is 0 Å². The van der Waals surface area contributed by atoms with E-state index in [-0.39, 0.29) is 23.8 Å². The fraction of sp³-hybridized carbons (Fsp3) is 0.417. The average Bonchev–Trinajstić information content (AvgIpc) is 2.78. The second-order valence-electron chi connectivity index (χ2n) is 8.03. The summed E-state index contributed by atoms with van der Waals surface area (Å²) in [6.07, 6.45) is 2.11. The lowest BCUT2D eigenvalue weighted by Gasteiger charge is -2.41. The van der Waals surface area contributed by atoms with E-state index >= 15 is 0 Å². The first kappa shape index (κ1) is 22.6. The zero-order chi connectivity index (χ0) is 22.4. The van der Waals surface area contributed by atoms with Gasteiger partial charge in [0.05, 0.1) is 18.7 Å². The summed E-state index contributed by atoms with van der Waals surface area (Å²) < 4.78 is 19.8. The second kappa shape index (κ2) is 10.3. The fourth-order valence-corrected chi connectivity index (χ4v) is 4.21. The van der Waals surface area contributed by atoms with Gasteiger partial charge in [-0.3, -0.25) is 9.69 Å². The van der Waals surface area contributed by atoms with Crippen molar-refractivity contribution < 1.29 is 13.9 Å². The van der Waals surface area contributed by atoms with Crippen LogP contribution >= 0.6 is 0 Å². The van der Waals surface area contributed by atoms with E-state index in [1.54, 1.807) is 13.2 Å². The van der Waals surface area contributed by atoms with Gasteiger partial charge < -0.3 is 15.4 Å². The van der Waals surface area contributed by atoms with Crippen molar-refractivity contribution in [1.82, 2.24) is 4.90 Å². The Morgan fingerprint density at radius 1 is 1.29 bits per heavy atom. The molecule has 3 rings (SSSR count). The van der Waals surface area contributed by atoms with Crippen LogP contribution in [0.25, 0.3) is 0 Å². The molecule has 1 heterocycles. The number of nitrogens with zero attached hydrogens (tertiary/aromatic N) is 3. The highest BCUT2D eigenvalue weighted by atomic mass is 19.1.